The highest BCUT2D eigenvalue weighted by Gasteiger charge is 2.26. The minimum atomic E-state index is 0.0452. The zero-order valence-electron chi connectivity index (χ0n) is 17.3. The van der Waals surface area contributed by atoms with Crippen molar-refractivity contribution in [2.45, 2.75) is 58.0 Å². The Bertz CT molecular complexity index is 736. The lowest BCUT2D eigenvalue weighted by molar-refractivity contribution is -0.116. The fourth-order valence-corrected chi connectivity index (χ4v) is 3.92. The van der Waals surface area contributed by atoms with Crippen LogP contribution in [0.4, 0.5) is 5.69 Å². The molecule has 3 rings (SSSR count). The van der Waals surface area contributed by atoms with Crippen LogP contribution in [0.3, 0.4) is 0 Å². The molecule has 5 nitrogen and oxygen atoms in total. The topological polar surface area (TPSA) is 57.5 Å². The molecule has 1 aliphatic rings. The summed E-state index contributed by atoms with van der Waals surface area (Å²) < 4.78 is 5.68. The third-order valence-electron chi connectivity index (χ3n) is 5.46. The molecule has 1 aromatic heterocycles. The number of para-hydroxylation sites is 1. The first-order valence-corrected chi connectivity index (χ1v) is 10.4. The van der Waals surface area contributed by atoms with Gasteiger partial charge in [0.1, 0.15) is 5.76 Å². The highest BCUT2D eigenvalue weighted by molar-refractivity contribution is 5.91. The number of nitrogens with zero attached hydrogens (tertiary/aromatic N) is 1. The number of carbonyl (C=O) groups is 1. The van der Waals surface area contributed by atoms with E-state index >= 15 is 0 Å². The molecule has 0 aliphatic carbocycles. The van der Waals surface area contributed by atoms with E-state index < -0.39 is 0 Å². The summed E-state index contributed by atoms with van der Waals surface area (Å²) in [7, 11) is 0. The van der Waals surface area contributed by atoms with Gasteiger partial charge in [-0.2, -0.15) is 0 Å². The van der Waals surface area contributed by atoms with Crippen molar-refractivity contribution in [2.75, 3.05) is 25.0 Å². The van der Waals surface area contributed by atoms with Crippen molar-refractivity contribution in [3.8, 4) is 0 Å². The average molecular weight is 384 g/mol. The lowest BCUT2D eigenvalue weighted by Gasteiger charge is -2.27. The van der Waals surface area contributed by atoms with Crippen LogP contribution in [0.1, 0.15) is 63.3 Å². The number of likely N-dealkylation sites (tertiary alicyclic amines) is 1. The number of carbonyl (C=O) groups excluding carboxylic acids is 1. The smallest absolute Gasteiger partial charge is 0.225 e. The second kappa shape index (κ2) is 9.89. The van der Waals surface area contributed by atoms with Crippen molar-refractivity contribution < 1.29 is 9.21 Å². The zero-order chi connectivity index (χ0) is 19.9. The summed E-state index contributed by atoms with van der Waals surface area (Å²) in [5, 5.41) is 6.62. The van der Waals surface area contributed by atoms with E-state index in [1.807, 2.05) is 30.3 Å². The summed E-state index contributed by atoms with van der Waals surface area (Å²) in [6.07, 6.45) is 4.66. The van der Waals surface area contributed by atoms with Crippen molar-refractivity contribution in [3.05, 3.63) is 54.0 Å². The van der Waals surface area contributed by atoms with Gasteiger partial charge in [-0.1, -0.05) is 32.0 Å². The predicted molar refractivity (Wildman–Crippen MR) is 113 cm³/mol. The Balaban J connectivity index is 1.53. The quantitative estimate of drug-likeness (QED) is 0.667. The van der Waals surface area contributed by atoms with Crippen molar-refractivity contribution >= 4 is 11.6 Å². The molecule has 0 bridgehead atoms. The maximum absolute atomic E-state index is 12.5. The second-order valence-electron chi connectivity index (χ2n) is 8.08. The van der Waals surface area contributed by atoms with Gasteiger partial charge in [-0.25, -0.2) is 0 Å². The number of amides is 1. The largest absolute Gasteiger partial charge is 0.468 e. The molecule has 1 saturated heterocycles. The summed E-state index contributed by atoms with van der Waals surface area (Å²) in [5.74, 6) is 1.42. The molecule has 1 aliphatic heterocycles. The summed E-state index contributed by atoms with van der Waals surface area (Å²) in [4.78, 5) is 15.0. The van der Waals surface area contributed by atoms with E-state index in [0.29, 0.717) is 12.3 Å². The maximum atomic E-state index is 12.5. The number of nitrogens with one attached hydrogen (secondary N) is 2. The molecule has 2 aromatic rings. The summed E-state index contributed by atoms with van der Waals surface area (Å²) in [5.41, 5.74) is 2.09. The first kappa shape index (κ1) is 20.6. The molecule has 0 spiro atoms. The van der Waals surface area contributed by atoms with Crippen LogP contribution >= 0.6 is 0 Å². The minimum Gasteiger partial charge on any atom is -0.468 e. The molecule has 5 heteroatoms. The molecule has 2 heterocycles. The first-order valence-electron chi connectivity index (χ1n) is 10.4. The van der Waals surface area contributed by atoms with Crippen molar-refractivity contribution in [1.82, 2.24) is 10.2 Å². The summed E-state index contributed by atoms with van der Waals surface area (Å²) >= 11 is 0. The van der Waals surface area contributed by atoms with Gasteiger partial charge < -0.3 is 15.1 Å². The van der Waals surface area contributed by atoms with Crippen LogP contribution < -0.4 is 10.6 Å². The van der Waals surface area contributed by atoms with E-state index in [2.05, 4.69) is 42.4 Å². The van der Waals surface area contributed by atoms with Crippen LogP contribution in [0.2, 0.25) is 0 Å². The Kier molecular flexibility index (Phi) is 7.29. The molecule has 2 atom stereocenters. The molecule has 152 valence electrons. The Morgan fingerprint density at radius 3 is 2.54 bits per heavy atom. The van der Waals surface area contributed by atoms with Gasteiger partial charge in [0.15, 0.2) is 0 Å². The molecular formula is C23H33N3O2. The molecular weight excluding hydrogens is 350 g/mol. The van der Waals surface area contributed by atoms with Crippen LogP contribution in [-0.2, 0) is 4.79 Å². The monoisotopic (exact) mass is 383 g/mol. The van der Waals surface area contributed by atoms with Gasteiger partial charge in [-0.05, 0) is 62.5 Å². The van der Waals surface area contributed by atoms with Gasteiger partial charge in [0.2, 0.25) is 5.91 Å². The second-order valence-corrected chi connectivity index (χ2v) is 8.08. The first-order chi connectivity index (χ1) is 13.5. The highest BCUT2D eigenvalue weighted by atomic mass is 16.3. The van der Waals surface area contributed by atoms with Crippen LogP contribution in [0.5, 0.6) is 0 Å². The number of hydrogen-bond acceptors (Lipinski definition) is 4. The van der Waals surface area contributed by atoms with Gasteiger partial charge in [0.05, 0.1) is 12.3 Å². The van der Waals surface area contributed by atoms with E-state index in [9.17, 15) is 4.79 Å². The summed E-state index contributed by atoms with van der Waals surface area (Å²) in [6.45, 7) is 9.34. The van der Waals surface area contributed by atoms with E-state index in [0.717, 1.165) is 31.1 Å². The Morgan fingerprint density at radius 1 is 1.11 bits per heavy atom. The SMILES string of the molecule is CC(CC(=O)Nc1ccccc1C(C)C)NCC(c1ccco1)N1CCCC1. The molecule has 2 N–H and O–H groups in total. The molecule has 2 unspecified atom stereocenters. The Morgan fingerprint density at radius 2 is 1.86 bits per heavy atom. The molecule has 0 saturated carbocycles. The molecule has 28 heavy (non-hydrogen) atoms. The normalized spacial score (nSPS) is 17.0. The van der Waals surface area contributed by atoms with Gasteiger partial charge in [-0.3, -0.25) is 9.69 Å². The average Bonchev–Trinajstić information content (AvgIpc) is 3.36. The Labute approximate surface area is 168 Å². The van der Waals surface area contributed by atoms with Crippen molar-refractivity contribution in [2.24, 2.45) is 0 Å². The third kappa shape index (κ3) is 5.46. The number of rotatable bonds is 9. The zero-order valence-corrected chi connectivity index (χ0v) is 17.3. The maximum Gasteiger partial charge on any atom is 0.225 e. The number of anilines is 1. The number of benzene rings is 1. The Hall–Kier alpha value is -2.11. The standard InChI is InChI=1S/C23H33N3O2/c1-17(2)19-9-4-5-10-20(19)25-23(27)15-18(3)24-16-21(22-11-8-14-28-22)26-12-6-7-13-26/h4-5,8-11,14,17-18,21,24H,6-7,12-13,15-16H2,1-3H3,(H,25,27). The van der Waals surface area contributed by atoms with Gasteiger partial charge in [0, 0.05) is 24.7 Å². The van der Waals surface area contributed by atoms with Gasteiger partial charge >= 0.3 is 0 Å². The van der Waals surface area contributed by atoms with Crippen LogP contribution in [0.15, 0.2) is 47.1 Å². The van der Waals surface area contributed by atoms with Crippen LogP contribution in [-0.4, -0.2) is 36.5 Å². The minimum absolute atomic E-state index is 0.0452. The van der Waals surface area contributed by atoms with E-state index in [-0.39, 0.29) is 18.0 Å². The van der Waals surface area contributed by atoms with Gasteiger partial charge in [0.25, 0.3) is 0 Å². The predicted octanol–water partition coefficient (Wildman–Crippen LogP) is 4.55. The summed E-state index contributed by atoms with van der Waals surface area (Å²) in [6, 6.07) is 12.3. The van der Waals surface area contributed by atoms with Crippen LogP contribution in [0.25, 0.3) is 0 Å². The van der Waals surface area contributed by atoms with Crippen molar-refractivity contribution in [1.29, 1.82) is 0 Å². The lowest BCUT2D eigenvalue weighted by atomic mass is 10.0. The molecule has 0 radical (unpaired) electrons. The molecule has 1 fully saturated rings. The third-order valence-corrected chi connectivity index (χ3v) is 5.46. The van der Waals surface area contributed by atoms with Crippen LogP contribution in [0, 0.1) is 0 Å². The van der Waals surface area contributed by atoms with E-state index in [1.165, 1.54) is 18.4 Å². The molecule has 1 aromatic carbocycles. The van der Waals surface area contributed by atoms with Crippen molar-refractivity contribution in [3.63, 3.8) is 0 Å². The number of furan rings is 1. The van der Waals surface area contributed by atoms with Gasteiger partial charge in [-0.15, -0.1) is 0 Å². The number of hydrogen-bond donors (Lipinski definition) is 2. The van der Waals surface area contributed by atoms with E-state index in [4.69, 9.17) is 4.42 Å². The fourth-order valence-electron chi connectivity index (χ4n) is 3.92. The fraction of sp³-hybridized carbons (Fsp3) is 0.522. The molecule has 1 amide bonds. The van der Waals surface area contributed by atoms with E-state index in [1.54, 1.807) is 6.26 Å². The highest BCUT2D eigenvalue weighted by Crippen LogP contribution is 2.26. The lowest BCUT2D eigenvalue weighted by Crippen LogP contribution is -2.39.